The maximum Gasteiger partial charge on any atom is 0.119 e. The number of nitrogens with one attached hydrogen (secondary N) is 1. The standard InChI is InChI=1S/C17H27NO2/c1-2-20-16-8-6-7-15(11-16)12-18-13-17(14-19)9-4-3-5-10-17/h6-8,11,18-19H,2-5,9-10,12-14H2,1H3. The molecule has 1 fully saturated rings. The van der Waals surface area contributed by atoms with Gasteiger partial charge in [0.05, 0.1) is 6.61 Å². The normalized spacial score (nSPS) is 17.9. The first-order valence-electron chi connectivity index (χ1n) is 7.81. The number of hydrogen-bond donors (Lipinski definition) is 2. The lowest BCUT2D eigenvalue weighted by Gasteiger charge is -2.35. The highest BCUT2D eigenvalue weighted by atomic mass is 16.5. The molecule has 112 valence electrons. The molecule has 1 saturated carbocycles. The zero-order chi connectivity index (χ0) is 14.3. The van der Waals surface area contributed by atoms with Crippen molar-refractivity contribution in [2.75, 3.05) is 19.8 Å². The molecule has 0 aliphatic heterocycles. The topological polar surface area (TPSA) is 41.5 Å². The minimum atomic E-state index is 0.107. The van der Waals surface area contributed by atoms with Gasteiger partial charge in [0.2, 0.25) is 0 Å². The molecule has 2 rings (SSSR count). The summed E-state index contributed by atoms with van der Waals surface area (Å²) < 4.78 is 5.52. The fourth-order valence-corrected chi connectivity index (χ4v) is 3.08. The number of ether oxygens (including phenoxy) is 1. The SMILES string of the molecule is CCOc1cccc(CNCC2(CO)CCCCC2)c1. The molecule has 0 aromatic heterocycles. The van der Waals surface area contributed by atoms with E-state index in [1.807, 2.05) is 19.1 Å². The zero-order valence-electron chi connectivity index (χ0n) is 12.5. The fourth-order valence-electron chi connectivity index (χ4n) is 3.08. The summed E-state index contributed by atoms with van der Waals surface area (Å²) in [6.07, 6.45) is 6.12. The van der Waals surface area contributed by atoms with E-state index in [4.69, 9.17) is 4.74 Å². The predicted molar refractivity (Wildman–Crippen MR) is 81.9 cm³/mol. The van der Waals surface area contributed by atoms with E-state index in [1.165, 1.54) is 24.8 Å². The lowest BCUT2D eigenvalue weighted by atomic mass is 9.74. The van der Waals surface area contributed by atoms with E-state index in [0.29, 0.717) is 13.2 Å². The molecule has 0 amide bonds. The Morgan fingerprint density at radius 2 is 2.05 bits per heavy atom. The molecule has 3 heteroatoms. The van der Waals surface area contributed by atoms with Gasteiger partial charge in [0.25, 0.3) is 0 Å². The number of hydrogen-bond acceptors (Lipinski definition) is 3. The van der Waals surface area contributed by atoms with Gasteiger partial charge in [0.1, 0.15) is 5.75 Å². The molecule has 20 heavy (non-hydrogen) atoms. The molecule has 0 saturated heterocycles. The van der Waals surface area contributed by atoms with Crippen LogP contribution in [0.4, 0.5) is 0 Å². The van der Waals surface area contributed by atoms with Gasteiger partial charge in [-0.3, -0.25) is 0 Å². The number of aliphatic hydroxyl groups is 1. The van der Waals surface area contributed by atoms with Crippen LogP contribution in [0.15, 0.2) is 24.3 Å². The molecule has 0 unspecified atom stereocenters. The molecule has 2 N–H and O–H groups in total. The molecule has 0 radical (unpaired) electrons. The Balaban J connectivity index is 1.83. The van der Waals surface area contributed by atoms with Crippen molar-refractivity contribution in [2.24, 2.45) is 5.41 Å². The second kappa shape index (κ2) is 7.65. The van der Waals surface area contributed by atoms with Crippen molar-refractivity contribution < 1.29 is 9.84 Å². The van der Waals surface area contributed by atoms with Crippen molar-refractivity contribution in [2.45, 2.75) is 45.6 Å². The summed E-state index contributed by atoms with van der Waals surface area (Å²) in [7, 11) is 0. The van der Waals surface area contributed by atoms with Crippen LogP contribution in [-0.4, -0.2) is 24.9 Å². The quantitative estimate of drug-likeness (QED) is 0.804. The maximum atomic E-state index is 9.69. The van der Waals surface area contributed by atoms with E-state index >= 15 is 0 Å². The zero-order valence-corrected chi connectivity index (χ0v) is 12.5. The Labute approximate surface area is 122 Å². The third kappa shape index (κ3) is 4.22. The number of benzene rings is 1. The summed E-state index contributed by atoms with van der Waals surface area (Å²) in [5, 5.41) is 13.2. The maximum absolute atomic E-state index is 9.69. The highest BCUT2D eigenvalue weighted by Crippen LogP contribution is 2.35. The Hall–Kier alpha value is -1.06. The molecule has 0 spiro atoms. The van der Waals surface area contributed by atoms with Crippen LogP contribution in [0.5, 0.6) is 5.75 Å². The molecular formula is C17H27NO2. The molecule has 0 atom stereocenters. The van der Waals surface area contributed by atoms with Gasteiger partial charge in [-0.25, -0.2) is 0 Å². The lowest BCUT2D eigenvalue weighted by molar-refractivity contribution is 0.0810. The van der Waals surface area contributed by atoms with Gasteiger partial charge in [0, 0.05) is 25.1 Å². The molecule has 3 nitrogen and oxygen atoms in total. The summed E-state index contributed by atoms with van der Waals surface area (Å²) in [4.78, 5) is 0. The minimum absolute atomic E-state index is 0.107. The summed E-state index contributed by atoms with van der Waals surface area (Å²) in [5.41, 5.74) is 1.34. The van der Waals surface area contributed by atoms with Crippen molar-refractivity contribution in [1.82, 2.24) is 5.32 Å². The van der Waals surface area contributed by atoms with Gasteiger partial charge in [-0.1, -0.05) is 31.4 Å². The minimum Gasteiger partial charge on any atom is -0.494 e. The van der Waals surface area contributed by atoms with E-state index in [9.17, 15) is 5.11 Å². The van der Waals surface area contributed by atoms with Crippen molar-refractivity contribution >= 4 is 0 Å². The van der Waals surface area contributed by atoms with Crippen LogP contribution in [0, 0.1) is 5.41 Å². The van der Waals surface area contributed by atoms with E-state index in [2.05, 4.69) is 17.4 Å². The van der Waals surface area contributed by atoms with Crippen LogP contribution < -0.4 is 10.1 Å². The lowest BCUT2D eigenvalue weighted by Crippen LogP contribution is -2.38. The van der Waals surface area contributed by atoms with Crippen molar-refractivity contribution in [3.05, 3.63) is 29.8 Å². The highest BCUT2D eigenvalue weighted by molar-refractivity contribution is 5.28. The highest BCUT2D eigenvalue weighted by Gasteiger charge is 2.30. The number of aliphatic hydroxyl groups excluding tert-OH is 1. The smallest absolute Gasteiger partial charge is 0.119 e. The molecular weight excluding hydrogens is 250 g/mol. The second-order valence-electron chi connectivity index (χ2n) is 5.90. The summed E-state index contributed by atoms with van der Waals surface area (Å²) in [6.45, 7) is 4.74. The Morgan fingerprint density at radius 3 is 2.75 bits per heavy atom. The van der Waals surface area contributed by atoms with Crippen molar-refractivity contribution in [1.29, 1.82) is 0 Å². The van der Waals surface area contributed by atoms with Crippen LogP contribution in [0.3, 0.4) is 0 Å². The van der Waals surface area contributed by atoms with Gasteiger partial charge in [-0.05, 0) is 37.5 Å². The first-order valence-corrected chi connectivity index (χ1v) is 7.81. The fraction of sp³-hybridized carbons (Fsp3) is 0.647. The monoisotopic (exact) mass is 277 g/mol. The van der Waals surface area contributed by atoms with Gasteiger partial charge < -0.3 is 15.2 Å². The van der Waals surface area contributed by atoms with Crippen molar-refractivity contribution in [3.8, 4) is 5.75 Å². The van der Waals surface area contributed by atoms with Crippen LogP contribution in [0.25, 0.3) is 0 Å². The number of rotatable bonds is 7. The molecule has 1 aromatic carbocycles. The van der Waals surface area contributed by atoms with E-state index in [0.717, 1.165) is 31.7 Å². The second-order valence-corrected chi connectivity index (χ2v) is 5.90. The average Bonchev–Trinajstić information content (AvgIpc) is 2.49. The van der Waals surface area contributed by atoms with Crippen LogP contribution in [0.2, 0.25) is 0 Å². The Bertz CT molecular complexity index is 400. The van der Waals surface area contributed by atoms with E-state index in [-0.39, 0.29) is 5.41 Å². The van der Waals surface area contributed by atoms with Gasteiger partial charge in [0.15, 0.2) is 0 Å². The largest absolute Gasteiger partial charge is 0.494 e. The summed E-state index contributed by atoms with van der Waals surface area (Å²) in [5.74, 6) is 0.932. The van der Waals surface area contributed by atoms with Gasteiger partial charge in [-0.2, -0.15) is 0 Å². The molecule has 1 aliphatic carbocycles. The van der Waals surface area contributed by atoms with Crippen LogP contribution in [0.1, 0.15) is 44.6 Å². The van der Waals surface area contributed by atoms with E-state index in [1.54, 1.807) is 0 Å². The third-order valence-electron chi connectivity index (χ3n) is 4.29. The predicted octanol–water partition coefficient (Wildman–Crippen LogP) is 3.12. The van der Waals surface area contributed by atoms with Crippen LogP contribution in [-0.2, 0) is 6.54 Å². The van der Waals surface area contributed by atoms with Gasteiger partial charge in [-0.15, -0.1) is 0 Å². The molecule has 0 heterocycles. The summed E-state index contributed by atoms with van der Waals surface area (Å²) >= 11 is 0. The summed E-state index contributed by atoms with van der Waals surface area (Å²) in [6, 6.07) is 8.22. The Kier molecular flexibility index (Phi) is 5.86. The first-order chi connectivity index (χ1) is 9.78. The molecule has 1 aliphatic rings. The Morgan fingerprint density at radius 1 is 1.25 bits per heavy atom. The molecule has 0 bridgehead atoms. The van der Waals surface area contributed by atoms with Gasteiger partial charge >= 0.3 is 0 Å². The first kappa shape index (κ1) is 15.3. The average molecular weight is 277 g/mol. The third-order valence-corrected chi connectivity index (χ3v) is 4.29. The van der Waals surface area contributed by atoms with E-state index < -0.39 is 0 Å². The van der Waals surface area contributed by atoms with Crippen molar-refractivity contribution in [3.63, 3.8) is 0 Å². The molecule has 1 aromatic rings. The van der Waals surface area contributed by atoms with Crippen LogP contribution >= 0.6 is 0 Å².